The van der Waals surface area contributed by atoms with E-state index >= 15 is 0 Å². The average Bonchev–Trinajstić information content (AvgIpc) is 2.40. The summed E-state index contributed by atoms with van der Waals surface area (Å²) >= 11 is 0. The van der Waals surface area contributed by atoms with E-state index in [0.717, 1.165) is 6.42 Å². The number of benzene rings is 1. The first-order valence-electron chi connectivity index (χ1n) is 6.32. The Bertz CT molecular complexity index is 471. The molecule has 1 aromatic rings. The average molecular weight is 293 g/mol. The highest BCUT2D eigenvalue weighted by Gasteiger charge is 2.42. The molecule has 0 spiro atoms. The van der Waals surface area contributed by atoms with Crippen LogP contribution in [0.3, 0.4) is 0 Å². The highest BCUT2D eigenvalue weighted by molar-refractivity contribution is 5.29. The monoisotopic (exact) mass is 293 g/mol. The third-order valence-corrected chi connectivity index (χ3v) is 3.15. The Kier molecular flexibility index (Phi) is 4.49. The summed E-state index contributed by atoms with van der Waals surface area (Å²) in [4.78, 5) is 0. The van der Waals surface area contributed by atoms with Crippen LogP contribution in [-0.4, -0.2) is 24.9 Å². The summed E-state index contributed by atoms with van der Waals surface area (Å²) in [6.07, 6.45) is -0.222. The molecule has 20 heavy (non-hydrogen) atoms. The van der Waals surface area contributed by atoms with Gasteiger partial charge in [0.2, 0.25) is 11.6 Å². The smallest absolute Gasteiger partial charge is 0.203 e. The SMILES string of the molecule is CCCOC1C(N)CC1Oc1c(F)c(F)cc(F)c1F. The Balaban J connectivity index is 2.14. The van der Waals surface area contributed by atoms with Crippen LogP contribution in [0.1, 0.15) is 19.8 Å². The van der Waals surface area contributed by atoms with Gasteiger partial charge in [-0.2, -0.15) is 8.78 Å². The standard InChI is InChI=1S/C13H15F4NO2/c1-2-3-19-12-8(18)5-9(12)20-13-10(16)6(14)4-7(15)11(13)17/h4,8-9,12H,2-3,5,18H2,1H3. The first-order valence-corrected chi connectivity index (χ1v) is 6.32. The summed E-state index contributed by atoms with van der Waals surface area (Å²) in [6.45, 7) is 2.31. The van der Waals surface area contributed by atoms with Crippen LogP contribution >= 0.6 is 0 Å². The van der Waals surface area contributed by atoms with E-state index in [-0.39, 0.29) is 12.1 Å². The van der Waals surface area contributed by atoms with Gasteiger partial charge in [0.1, 0.15) is 12.2 Å². The van der Waals surface area contributed by atoms with E-state index in [0.29, 0.717) is 13.0 Å². The molecule has 2 N–H and O–H groups in total. The minimum atomic E-state index is -1.56. The summed E-state index contributed by atoms with van der Waals surface area (Å²) in [7, 11) is 0. The first kappa shape index (κ1) is 15.1. The zero-order valence-electron chi connectivity index (χ0n) is 10.8. The summed E-state index contributed by atoms with van der Waals surface area (Å²) < 4.78 is 63.4. The normalized spacial score (nSPS) is 25.4. The van der Waals surface area contributed by atoms with Crippen LogP contribution in [0, 0.1) is 23.3 Å². The van der Waals surface area contributed by atoms with Crippen molar-refractivity contribution in [1.82, 2.24) is 0 Å². The van der Waals surface area contributed by atoms with Crippen molar-refractivity contribution in [2.24, 2.45) is 5.73 Å². The van der Waals surface area contributed by atoms with Gasteiger partial charge in [0.25, 0.3) is 0 Å². The van der Waals surface area contributed by atoms with Gasteiger partial charge in [0.15, 0.2) is 17.4 Å². The highest BCUT2D eigenvalue weighted by Crippen LogP contribution is 2.33. The van der Waals surface area contributed by atoms with Crippen LogP contribution in [0.5, 0.6) is 5.75 Å². The second-order valence-corrected chi connectivity index (χ2v) is 4.69. The molecule has 0 radical (unpaired) electrons. The number of nitrogens with two attached hydrogens (primary N) is 1. The van der Waals surface area contributed by atoms with E-state index in [1.54, 1.807) is 0 Å². The van der Waals surface area contributed by atoms with Crippen molar-refractivity contribution in [1.29, 1.82) is 0 Å². The maximum Gasteiger partial charge on any atom is 0.203 e. The van der Waals surface area contributed by atoms with Gasteiger partial charge in [-0.05, 0) is 6.42 Å². The lowest BCUT2D eigenvalue weighted by atomic mass is 9.86. The highest BCUT2D eigenvalue weighted by atomic mass is 19.2. The molecule has 2 rings (SSSR count). The van der Waals surface area contributed by atoms with Crippen molar-refractivity contribution in [2.75, 3.05) is 6.61 Å². The van der Waals surface area contributed by atoms with Crippen molar-refractivity contribution < 1.29 is 27.0 Å². The molecule has 0 saturated heterocycles. The molecule has 0 aromatic heterocycles. The van der Waals surface area contributed by atoms with E-state index in [1.165, 1.54) is 0 Å². The number of rotatable bonds is 5. The third-order valence-electron chi connectivity index (χ3n) is 3.15. The lowest BCUT2D eigenvalue weighted by Gasteiger charge is -2.41. The van der Waals surface area contributed by atoms with Gasteiger partial charge in [-0.25, -0.2) is 8.78 Å². The predicted octanol–water partition coefficient (Wildman–Crippen LogP) is 2.52. The summed E-state index contributed by atoms with van der Waals surface area (Å²) in [6, 6.07) is -0.189. The molecule has 3 nitrogen and oxygen atoms in total. The third kappa shape index (κ3) is 2.73. The predicted molar refractivity (Wildman–Crippen MR) is 63.3 cm³/mol. The number of ether oxygens (including phenoxy) is 2. The summed E-state index contributed by atoms with van der Waals surface area (Å²) in [5.74, 6) is -7.19. The Morgan fingerprint density at radius 3 is 2.30 bits per heavy atom. The van der Waals surface area contributed by atoms with Crippen LogP contribution in [0.2, 0.25) is 0 Å². The second kappa shape index (κ2) is 5.97. The van der Waals surface area contributed by atoms with Crippen LogP contribution in [0.4, 0.5) is 17.6 Å². The molecule has 112 valence electrons. The molecule has 1 aromatic carbocycles. The minimum absolute atomic E-state index is 0.134. The van der Waals surface area contributed by atoms with Gasteiger partial charge in [0.05, 0.1) is 0 Å². The Labute approximate surface area is 113 Å². The topological polar surface area (TPSA) is 44.5 Å². The van der Waals surface area contributed by atoms with Gasteiger partial charge in [-0.15, -0.1) is 0 Å². The molecular formula is C13H15F4NO2. The van der Waals surface area contributed by atoms with Crippen molar-refractivity contribution in [3.63, 3.8) is 0 Å². The molecular weight excluding hydrogens is 278 g/mol. The maximum absolute atomic E-state index is 13.5. The van der Waals surface area contributed by atoms with Crippen LogP contribution in [0.25, 0.3) is 0 Å². The Hall–Kier alpha value is -1.34. The van der Waals surface area contributed by atoms with E-state index in [2.05, 4.69) is 0 Å². The van der Waals surface area contributed by atoms with Gasteiger partial charge in [0, 0.05) is 25.1 Å². The van der Waals surface area contributed by atoms with Crippen LogP contribution < -0.4 is 10.5 Å². The quantitative estimate of drug-likeness (QED) is 0.670. The van der Waals surface area contributed by atoms with Gasteiger partial charge < -0.3 is 15.2 Å². The number of hydrogen-bond donors (Lipinski definition) is 1. The summed E-state index contributed by atoms with van der Waals surface area (Å²) in [5, 5.41) is 0. The first-order chi connectivity index (χ1) is 9.45. The fourth-order valence-electron chi connectivity index (χ4n) is 2.02. The van der Waals surface area contributed by atoms with E-state index in [1.807, 2.05) is 6.92 Å². The van der Waals surface area contributed by atoms with Crippen LogP contribution in [-0.2, 0) is 4.74 Å². The van der Waals surface area contributed by atoms with Crippen molar-refractivity contribution in [3.8, 4) is 5.75 Å². The molecule has 1 aliphatic rings. The molecule has 7 heteroatoms. The molecule has 3 atom stereocenters. The Morgan fingerprint density at radius 2 is 1.80 bits per heavy atom. The summed E-state index contributed by atoms with van der Waals surface area (Å²) in [5.41, 5.74) is 5.70. The van der Waals surface area contributed by atoms with Crippen molar-refractivity contribution in [3.05, 3.63) is 29.3 Å². The second-order valence-electron chi connectivity index (χ2n) is 4.69. The molecule has 0 heterocycles. The van der Waals surface area contributed by atoms with Crippen molar-refractivity contribution >= 4 is 0 Å². The van der Waals surface area contributed by atoms with Gasteiger partial charge in [-0.3, -0.25) is 0 Å². The lowest BCUT2D eigenvalue weighted by molar-refractivity contribution is -0.100. The molecule has 1 aliphatic carbocycles. The minimum Gasteiger partial charge on any atom is -0.481 e. The lowest BCUT2D eigenvalue weighted by Crippen LogP contribution is -2.59. The van der Waals surface area contributed by atoms with Gasteiger partial charge in [-0.1, -0.05) is 6.92 Å². The number of hydrogen-bond acceptors (Lipinski definition) is 3. The zero-order chi connectivity index (χ0) is 14.9. The largest absolute Gasteiger partial charge is 0.481 e. The van der Waals surface area contributed by atoms with E-state index < -0.39 is 41.2 Å². The Morgan fingerprint density at radius 1 is 1.20 bits per heavy atom. The maximum atomic E-state index is 13.5. The van der Waals surface area contributed by atoms with Crippen molar-refractivity contribution in [2.45, 2.75) is 38.0 Å². The molecule has 0 amide bonds. The molecule has 1 saturated carbocycles. The molecule has 0 aliphatic heterocycles. The fraction of sp³-hybridized carbons (Fsp3) is 0.538. The zero-order valence-corrected chi connectivity index (χ0v) is 10.8. The fourth-order valence-corrected chi connectivity index (χ4v) is 2.02. The van der Waals surface area contributed by atoms with Gasteiger partial charge >= 0.3 is 0 Å². The van der Waals surface area contributed by atoms with E-state index in [4.69, 9.17) is 15.2 Å². The number of halogens is 4. The molecule has 3 unspecified atom stereocenters. The van der Waals surface area contributed by atoms with E-state index in [9.17, 15) is 17.6 Å². The molecule has 0 bridgehead atoms. The molecule has 1 fully saturated rings. The van der Waals surface area contributed by atoms with Crippen LogP contribution in [0.15, 0.2) is 6.07 Å².